The zero-order valence-electron chi connectivity index (χ0n) is 12.7. The summed E-state index contributed by atoms with van der Waals surface area (Å²) in [5.41, 5.74) is 4.34. The lowest BCUT2D eigenvalue weighted by molar-refractivity contribution is 0.117. The van der Waals surface area contributed by atoms with E-state index in [0.29, 0.717) is 0 Å². The summed E-state index contributed by atoms with van der Waals surface area (Å²) >= 11 is 0. The van der Waals surface area contributed by atoms with Gasteiger partial charge in [0.2, 0.25) is 0 Å². The summed E-state index contributed by atoms with van der Waals surface area (Å²) in [6.45, 7) is 1.85. The summed E-state index contributed by atoms with van der Waals surface area (Å²) in [6, 6.07) is 11.5. The standard InChI is InChI=1S/C17H15N3O3/c1-9-12-7-14-15(8-13(12)20-17(21)23-9)19-16(18-14)10-3-5-11(22-2)6-4-10/h3-9H,1-2H3,(H,18,19)(H,20,21). The molecule has 0 spiro atoms. The number of carbonyl (C=O) groups excluding carboxylic acids is 1. The van der Waals surface area contributed by atoms with Gasteiger partial charge >= 0.3 is 6.09 Å². The average molecular weight is 309 g/mol. The third-order valence-electron chi connectivity index (χ3n) is 3.98. The number of carbonyl (C=O) groups is 1. The van der Waals surface area contributed by atoms with Crippen molar-refractivity contribution in [3.05, 3.63) is 42.0 Å². The molecule has 2 aromatic carbocycles. The normalized spacial score (nSPS) is 16.6. The van der Waals surface area contributed by atoms with Crippen molar-refractivity contribution in [3.63, 3.8) is 0 Å². The minimum absolute atomic E-state index is 0.282. The van der Waals surface area contributed by atoms with Crippen LogP contribution in [0.2, 0.25) is 0 Å². The molecule has 2 N–H and O–H groups in total. The first-order valence-corrected chi connectivity index (χ1v) is 7.30. The van der Waals surface area contributed by atoms with Crippen LogP contribution in [-0.4, -0.2) is 23.2 Å². The van der Waals surface area contributed by atoms with Gasteiger partial charge in [-0.2, -0.15) is 0 Å². The Morgan fingerprint density at radius 1 is 1.22 bits per heavy atom. The van der Waals surface area contributed by atoms with Crippen LogP contribution in [0, 0.1) is 0 Å². The number of amides is 1. The van der Waals surface area contributed by atoms with E-state index in [2.05, 4.69) is 15.3 Å². The van der Waals surface area contributed by atoms with Gasteiger partial charge < -0.3 is 14.5 Å². The summed E-state index contributed by atoms with van der Waals surface area (Å²) < 4.78 is 10.3. The van der Waals surface area contributed by atoms with Crippen molar-refractivity contribution in [2.45, 2.75) is 13.0 Å². The van der Waals surface area contributed by atoms with Crippen LogP contribution in [0.4, 0.5) is 10.5 Å². The van der Waals surface area contributed by atoms with Crippen molar-refractivity contribution in [2.75, 3.05) is 12.4 Å². The van der Waals surface area contributed by atoms with Gasteiger partial charge in [0.15, 0.2) is 0 Å². The molecule has 1 amide bonds. The second kappa shape index (κ2) is 5.01. The molecule has 6 nitrogen and oxygen atoms in total. The number of anilines is 1. The van der Waals surface area contributed by atoms with E-state index in [4.69, 9.17) is 9.47 Å². The smallest absolute Gasteiger partial charge is 0.412 e. The molecule has 1 aliphatic heterocycles. The van der Waals surface area contributed by atoms with Crippen LogP contribution in [0.15, 0.2) is 36.4 Å². The molecular formula is C17H15N3O3. The summed E-state index contributed by atoms with van der Waals surface area (Å²) in [5, 5.41) is 2.71. The lowest BCUT2D eigenvalue weighted by Gasteiger charge is -2.23. The largest absolute Gasteiger partial charge is 0.497 e. The zero-order valence-corrected chi connectivity index (χ0v) is 12.7. The number of aromatic nitrogens is 2. The monoisotopic (exact) mass is 309 g/mol. The van der Waals surface area contributed by atoms with Gasteiger partial charge in [-0.25, -0.2) is 9.78 Å². The van der Waals surface area contributed by atoms with E-state index in [0.717, 1.165) is 39.4 Å². The quantitative estimate of drug-likeness (QED) is 0.753. The Bertz CT molecular complexity index is 899. The maximum absolute atomic E-state index is 11.5. The predicted octanol–water partition coefficient (Wildman–Crippen LogP) is 3.86. The Kier molecular flexibility index (Phi) is 2.97. The van der Waals surface area contributed by atoms with Gasteiger partial charge in [-0.3, -0.25) is 5.32 Å². The molecular weight excluding hydrogens is 294 g/mol. The third-order valence-corrected chi connectivity index (χ3v) is 3.98. The topological polar surface area (TPSA) is 76.2 Å². The van der Waals surface area contributed by atoms with Crippen LogP contribution in [0.25, 0.3) is 22.4 Å². The van der Waals surface area contributed by atoms with E-state index in [9.17, 15) is 4.79 Å². The fourth-order valence-corrected chi connectivity index (χ4v) is 2.77. The number of nitrogens with one attached hydrogen (secondary N) is 2. The van der Waals surface area contributed by atoms with Crippen molar-refractivity contribution in [1.82, 2.24) is 9.97 Å². The molecule has 0 radical (unpaired) electrons. The van der Waals surface area contributed by atoms with Crippen molar-refractivity contribution in [3.8, 4) is 17.1 Å². The predicted molar refractivity (Wildman–Crippen MR) is 86.6 cm³/mol. The van der Waals surface area contributed by atoms with Gasteiger partial charge in [-0.1, -0.05) is 0 Å². The van der Waals surface area contributed by atoms with Crippen LogP contribution < -0.4 is 10.1 Å². The molecule has 1 unspecified atom stereocenters. The van der Waals surface area contributed by atoms with E-state index >= 15 is 0 Å². The molecule has 2 heterocycles. The number of aromatic amines is 1. The van der Waals surface area contributed by atoms with Gasteiger partial charge in [0.25, 0.3) is 0 Å². The molecule has 23 heavy (non-hydrogen) atoms. The fourth-order valence-electron chi connectivity index (χ4n) is 2.77. The molecule has 0 bridgehead atoms. The van der Waals surface area contributed by atoms with E-state index in [1.165, 1.54) is 0 Å². The number of cyclic esters (lactones) is 1. The molecule has 0 aliphatic carbocycles. The van der Waals surface area contributed by atoms with E-state index in [1.54, 1.807) is 7.11 Å². The third kappa shape index (κ3) is 2.28. The molecule has 0 saturated heterocycles. The minimum atomic E-state index is -0.435. The van der Waals surface area contributed by atoms with Crippen LogP contribution in [0.3, 0.4) is 0 Å². The maximum atomic E-state index is 11.5. The van der Waals surface area contributed by atoms with Gasteiger partial charge in [-0.15, -0.1) is 0 Å². The fraction of sp³-hybridized carbons (Fsp3) is 0.176. The Morgan fingerprint density at radius 2 is 2.00 bits per heavy atom. The van der Waals surface area contributed by atoms with Crippen molar-refractivity contribution in [1.29, 1.82) is 0 Å². The number of nitrogens with zero attached hydrogens (tertiary/aromatic N) is 1. The summed E-state index contributed by atoms with van der Waals surface area (Å²) in [7, 11) is 1.64. The lowest BCUT2D eigenvalue weighted by atomic mass is 10.1. The van der Waals surface area contributed by atoms with Gasteiger partial charge in [-0.05, 0) is 43.3 Å². The van der Waals surface area contributed by atoms with Crippen LogP contribution >= 0.6 is 0 Å². The number of fused-ring (bicyclic) bond motifs is 2. The second-order valence-corrected chi connectivity index (χ2v) is 5.44. The van der Waals surface area contributed by atoms with Gasteiger partial charge in [0.1, 0.15) is 17.7 Å². The number of H-pyrrole nitrogens is 1. The molecule has 0 fully saturated rings. The molecule has 1 aliphatic rings. The van der Waals surface area contributed by atoms with Crippen LogP contribution in [-0.2, 0) is 4.74 Å². The van der Waals surface area contributed by atoms with E-state index in [-0.39, 0.29) is 6.10 Å². The van der Waals surface area contributed by atoms with Crippen LogP contribution in [0.5, 0.6) is 5.75 Å². The van der Waals surface area contributed by atoms with Crippen molar-refractivity contribution >= 4 is 22.8 Å². The van der Waals surface area contributed by atoms with Crippen LogP contribution in [0.1, 0.15) is 18.6 Å². The Balaban J connectivity index is 1.80. The van der Waals surface area contributed by atoms with E-state index < -0.39 is 6.09 Å². The first-order valence-electron chi connectivity index (χ1n) is 7.30. The number of rotatable bonds is 2. The molecule has 6 heteroatoms. The molecule has 0 saturated carbocycles. The van der Waals surface area contributed by atoms with E-state index in [1.807, 2.05) is 43.3 Å². The number of imidazole rings is 1. The average Bonchev–Trinajstić information content (AvgIpc) is 2.96. The molecule has 1 aromatic heterocycles. The number of methoxy groups -OCH3 is 1. The Hall–Kier alpha value is -3.02. The maximum Gasteiger partial charge on any atom is 0.412 e. The summed E-state index contributed by atoms with van der Waals surface area (Å²) in [4.78, 5) is 19.4. The highest BCUT2D eigenvalue weighted by Crippen LogP contribution is 2.34. The van der Waals surface area contributed by atoms with Crippen molar-refractivity contribution in [2.24, 2.45) is 0 Å². The second-order valence-electron chi connectivity index (χ2n) is 5.44. The molecule has 3 aromatic rings. The number of hydrogen-bond donors (Lipinski definition) is 2. The molecule has 116 valence electrons. The SMILES string of the molecule is COc1ccc(-c2nc3cc4c(cc3[nH]2)C(C)OC(=O)N4)cc1. The Labute approximate surface area is 132 Å². The number of benzene rings is 2. The molecule has 4 rings (SSSR count). The highest BCUT2D eigenvalue weighted by Gasteiger charge is 2.23. The zero-order chi connectivity index (χ0) is 16.0. The first-order chi connectivity index (χ1) is 11.1. The highest BCUT2D eigenvalue weighted by atomic mass is 16.6. The number of ether oxygens (including phenoxy) is 2. The Morgan fingerprint density at radius 3 is 2.74 bits per heavy atom. The molecule has 1 atom stereocenters. The summed E-state index contributed by atoms with van der Waals surface area (Å²) in [5.74, 6) is 1.57. The summed E-state index contributed by atoms with van der Waals surface area (Å²) in [6.07, 6.45) is -0.717. The minimum Gasteiger partial charge on any atom is -0.497 e. The van der Waals surface area contributed by atoms with Gasteiger partial charge in [0.05, 0.1) is 23.8 Å². The first kappa shape index (κ1) is 13.6. The number of hydrogen-bond acceptors (Lipinski definition) is 4. The highest BCUT2D eigenvalue weighted by molar-refractivity contribution is 5.93. The van der Waals surface area contributed by atoms with Crippen molar-refractivity contribution < 1.29 is 14.3 Å². The van der Waals surface area contributed by atoms with Gasteiger partial charge in [0, 0.05) is 11.1 Å². The lowest BCUT2D eigenvalue weighted by Crippen LogP contribution is -2.22.